The number of amides is 1. The maximum Gasteiger partial charge on any atom is 0.272 e. The summed E-state index contributed by atoms with van der Waals surface area (Å²) >= 11 is 0. The van der Waals surface area contributed by atoms with E-state index in [2.05, 4.69) is 15.5 Å². The fourth-order valence-electron chi connectivity index (χ4n) is 2.71. The standard InChI is InChI=1S/C18H21FN4O2/c1-23(12-13-4-2-3-5-15(13)19)17-7-6-16(21-22-17)18(24)20-14-8-10-25-11-9-14/h2-7,14H,8-12H2,1H3,(H,20,24). The molecule has 2 aromatic rings. The number of hydrogen-bond donors (Lipinski definition) is 1. The van der Waals surface area contributed by atoms with Crippen LogP contribution in [0.5, 0.6) is 0 Å². The van der Waals surface area contributed by atoms with Crippen molar-refractivity contribution in [3.8, 4) is 0 Å². The summed E-state index contributed by atoms with van der Waals surface area (Å²) < 4.78 is 19.0. The summed E-state index contributed by atoms with van der Waals surface area (Å²) in [6, 6.07) is 10.1. The molecule has 1 amide bonds. The van der Waals surface area contributed by atoms with E-state index in [4.69, 9.17) is 4.74 Å². The van der Waals surface area contributed by atoms with E-state index in [-0.39, 0.29) is 23.5 Å². The van der Waals surface area contributed by atoms with Gasteiger partial charge in [-0.3, -0.25) is 4.79 Å². The Labute approximate surface area is 146 Å². The van der Waals surface area contributed by atoms with Crippen LogP contribution in [0.25, 0.3) is 0 Å². The van der Waals surface area contributed by atoms with Crippen LogP contribution in [0.2, 0.25) is 0 Å². The molecule has 1 saturated heterocycles. The number of anilines is 1. The number of hydrogen-bond acceptors (Lipinski definition) is 5. The highest BCUT2D eigenvalue weighted by Crippen LogP contribution is 2.14. The van der Waals surface area contributed by atoms with Crippen molar-refractivity contribution >= 4 is 11.7 Å². The predicted octanol–water partition coefficient (Wildman–Crippen LogP) is 2.16. The molecule has 0 saturated carbocycles. The van der Waals surface area contributed by atoms with Crippen molar-refractivity contribution in [2.75, 3.05) is 25.2 Å². The van der Waals surface area contributed by atoms with Crippen LogP contribution in [-0.2, 0) is 11.3 Å². The van der Waals surface area contributed by atoms with Crippen LogP contribution in [0.3, 0.4) is 0 Å². The summed E-state index contributed by atoms with van der Waals surface area (Å²) in [5.41, 5.74) is 0.850. The normalized spacial score (nSPS) is 15.0. The lowest BCUT2D eigenvalue weighted by molar-refractivity contribution is 0.0693. The summed E-state index contributed by atoms with van der Waals surface area (Å²) in [5, 5.41) is 11.0. The van der Waals surface area contributed by atoms with Gasteiger partial charge in [-0.15, -0.1) is 10.2 Å². The highest BCUT2D eigenvalue weighted by molar-refractivity contribution is 5.92. The minimum atomic E-state index is -0.255. The van der Waals surface area contributed by atoms with Gasteiger partial charge in [0.05, 0.1) is 0 Å². The zero-order valence-corrected chi connectivity index (χ0v) is 14.1. The zero-order chi connectivity index (χ0) is 17.6. The highest BCUT2D eigenvalue weighted by atomic mass is 19.1. The fourth-order valence-corrected chi connectivity index (χ4v) is 2.71. The van der Waals surface area contributed by atoms with Crippen LogP contribution >= 0.6 is 0 Å². The molecule has 1 aromatic carbocycles. The second-order valence-corrected chi connectivity index (χ2v) is 6.08. The van der Waals surface area contributed by atoms with E-state index in [0.717, 1.165) is 12.8 Å². The molecular formula is C18H21FN4O2. The quantitative estimate of drug-likeness (QED) is 0.900. The molecule has 0 unspecified atom stereocenters. The molecule has 0 spiro atoms. The lowest BCUT2D eigenvalue weighted by atomic mass is 10.1. The van der Waals surface area contributed by atoms with Gasteiger partial charge in [0.25, 0.3) is 5.91 Å². The molecule has 6 nitrogen and oxygen atoms in total. The van der Waals surface area contributed by atoms with E-state index in [0.29, 0.717) is 31.1 Å². The SMILES string of the molecule is CN(Cc1ccccc1F)c1ccc(C(=O)NC2CCOCC2)nn1. The van der Waals surface area contributed by atoms with Gasteiger partial charge in [-0.1, -0.05) is 18.2 Å². The van der Waals surface area contributed by atoms with E-state index in [1.165, 1.54) is 6.07 Å². The van der Waals surface area contributed by atoms with E-state index >= 15 is 0 Å². The second-order valence-electron chi connectivity index (χ2n) is 6.08. The first-order valence-electron chi connectivity index (χ1n) is 8.30. The van der Waals surface area contributed by atoms with Gasteiger partial charge in [0, 0.05) is 38.4 Å². The van der Waals surface area contributed by atoms with E-state index in [1.807, 2.05) is 0 Å². The number of nitrogens with one attached hydrogen (secondary N) is 1. The lowest BCUT2D eigenvalue weighted by Crippen LogP contribution is -2.39. The Balaban J connectivity index is 1.61. The van der Waals surface area contributed by atoms with Crippen molar-refractivity contribution in [1.29, 1.82) is 0 Å². The van der Waals surface area contributed by atoms with Crippen molar-refractivity contribution in [2.45, 2.75) is 25.4 Å². The third-order valence-electron chi connectivity index (χ3n) is 4.20. The molecule has 0 bridgehead atoms. The van der Waals surface area contributed by atoms with Crippen LogP contribution in [0.15, 0.2) is 36.4 Å². The summed E-state index contributed by atoms with van der Waals surface area (Å²) in [5.74, 6) is 0.0864. The summed E-state index contributed by atoms with van der Waals surface area (Å²) in [4.78, 5) is 14.0. The van der Waals surface area contributed by atoms with Crippen LogP contribution in [0.4, 0.5) is 10.2 Å². The van der Waals surface area contributed by atoms with Crippen LogP contribution in [0, 0.1) is 5.82 Å². The van der Waals surface area contributed by atoms with Crippen molar-refractivity contribution in [3.05, 3.63) is 53.5 Å². The fraction of sp³-hybridized carbons (Fsp3) is 0.389. The molecular weight excluding hydrogens is 323 g/mol. The van der Waals surface area contributed by atoms with Crippen molar-refractivity contribution in [1.82, 2.24) is 15.5 Å². The maximum absolute atomic E-state index is 13.7. The number of benzene rings is 1. The predicted molar refractivity (Wildman–Crippen MR) is 91.8 cm³/mol. The average molecular weight is 344 g/mol. The number of carbonyl (C=O) groups excluding carboxylic acids is 1. The Kier molecular flexibility index (Phi) is 5.55. The maximum atomic E-state index is 13.7. The molecule has 7 heteroatoms. The largest absolute Gasteiger partial charge is 0.381 e. The van der Waals surface area contributed by atoms with Gasteiger partial charge in [0.15, 0.2) is 11.5 Å². The number of nitrogens with zero attached hydrogens (tertiary/aromatic N) is 3. The van der Waals surface area contributed by atoms with Gasteiger partial charge in [0.2, 0.25) is 0 Å². The highest BCUT2D eigenvalue weighted by Gasteiger charge is 2.18. The van der Waals surface area contributed by atoms with Crippen molar-refractivity contribution in [2.24, 2.45) is 0 Å². The Morgan fingerprint density at radius 2 is 2.00 bits per heavy atom. The van der Waals surface area contributed by atoms with Gasteiger partial charge in [-0.2, -0.15) is 0 Å². The summed E-state index contributed by atoms with van der Waals surface area (Å²) in [6.45, 7) is 1.70. The van der Waals surface area contributed by atoms with E-state index in [9.17, 15) is 9.18 Å². The van der Waals surface area contributed by atoms with Gasteiger partial charge < -0.3 is 15.0 Å². The average Bonchev–Trinajstić information content (AvgIpc) is 2.64. The third-order valence-corrected chi connectivity index (χ3v) is 4.20. The molecule has 1 fully saturated rings. The molecule has 1 N–H and O–H groups in total. The Hall–Kier alpha value is -2.54. The molecule has 0 atom stereocenters. The van der Waals surface area contributed by atoms with E-state index < -0.39 is 0 Å². The smallest absolute Gasteiger partial charge is 0.272 e. The molecule has 1 aliphatic rings. The summed E-state index contributed by atoms with van der Waals surface area (Å²) in [7, 11) is 1.80. The first kappa shape index (κ1) is 17.3. The minimum absolute atomic E-state index is 0.117. The minimum Gasteiger partial charge on any atom is -0.381 e. The number of ether oxygens (including phenoxy) is 1. The van der Waals surface area contributed by atoms with E-state index in [1.54, 1.807) is 42.3 Å². The number of halogens is 1. The van der Waals surface area contributed by atoms with Crippen LogP contribution in [-0.4, -0.2) is 42.4 Å². The van der Waals surface area contributed by atoms with Gasteiger partial charge >= 0.3 is 0 Å². The van der Waals surface area contributed by atoms with Crippen molar-refractivity contribution < 1.29 is 13.9 Å². The van der Waals surface area contributed by atoms with Gasteiger partial charge in [-0.05, 0) is 31.0 Å². The molecule has 1 aromatic heterocycles. The molecule has 0 radical (unpaired) electrons. The summed E-state index contributed by atoms with van der Waals surface area (Å²) in [6.07, 6.45) is 1.62. The zero-order valence-electron chi connectivity index (χ0n) is 14.1. The number of rotatable bonds is 5. The second kappa shape index (κ2) is 8.02. The number of aromatic nitrogens is 2. The first-order chi connectivity index (χ1) is 12.1. The lowest BCUT2D eigenvalue weighted by Gasteiger charge is -2.23. The number of carbonyl (C=O) groups is 1. The molecule has 3 rings (SSSR count). The van der Waals surface area contributed by atoms with Crippen LogP contribution in [0.1, 0.15) is 28.9 Å². The van der Waals surface area contributed by atoms with Gasteiger partial charge in [0.1, 0.15) is 5.82 Å². The molecule has 0 aliphatic carbocycles. The Morgan fingerprint density at radius 1 is 1.24 bits per heavy atom. The van der Waals surface area contributed by atoms with Crippen molar-refractivity contribution in [3.63, 3.8) is 0 Å². The first-order valence-corrected chi connectivity index (χ1v) is 8.30. The topological polar surface area (TPSA) is 67.4 Å². The molecule has 25 heavy (non-hydrogen) atoms. The molecule has 2 heterocycles. The Morgan fingerprint density at radius 3 is 2.68 bits per heavy atom. The van der Waals surface area contributed by atoms with Gasteiger partial charge in [-0.25, -0.2) is 4.39 Å². The third kappa shape index (κ3) is 4.51. The monoisotopic (exact) mass is 344 g/mol. The van der Waals surface area contributed by atoms with Crippen LogP contribution < -0.4 is 10.2 Å². The Bertz CT molecular complexity index is 717. The molecule has 1 aliphatic heterocycles. The molecule has 132 valence electrons.